The molecular formula is C26H28N2O2. The number of nitrogens with zero attached hydrogens (tertiary/aromatic N) is 1. The Morgan fingerprint density at radius 1 is 0.967 bits per heavy atom. The average Bonchev–Trinajstić information content (AvgIpc) is 2.76. The van der Waals surface area contributed by atoms with Gasteiger partial charge in [-0.05, 0) is 74.2 Å². The van der Waals surface area contributed by atoms with Gasteiger partial charge in [-0.25, -0.2) is 0 Å². The van der Waals surface area contributed by atoms with E-state index >= 15 is 0 Å². The van der Waals surface area contributed by atoms with Crippen LogP contribution in [0, 0.1) is 13.8 Å². The van der Waals surface area contributed by atoms with Crippen molar-refractivity contribution < 1.29 is 9.53 Å². The van der Waals surface area contributed by atoms with Crippen LogP contribution in [0.15, 0.2) is 66.7 Å². The highest BCUT2D eigenvalue weighted by Gasteiger charge is 2.35. The van der Waals surface area contributed by atoms with Gasteiger partial charge >= 0.3 is 0 Å². The molecule has 0 saturated heterocycles. The van der Waals surface area contributed by atoms with Crippen LogP contribution in [-0.4, -0.2) is 19.1 Å². The number of amides is 1. The van der Waals surface area contributed by atoms with Gasteiger partial charge in [0.25, 0.3) is 5.91 Å². The predicted octanol–water partition coefficient (Wildman–Crippen LogP) is 5.90. The van der Waals surface area contributed by atoms with E-state index in [0.29, 0.717) is 5.56 Å². The molecule has 4 nitrogen and oxygen atoms in total. The molecule has 1 N–H and O–H groups in total. The third-order valence-electron chi connectivity index (χ3n) is 5.93. The number of ether oxygens (including phenoxy) is 1. The van der Waals surface area contributed by atoms with Crippen molar-refractivity contribution in [3.8, 4) is 5.75 Å². The first-order chi connectivity index (χ1) is 14.5. The standard InChI is InChI=1S/C26H28N2O2/c1-17-8-5-6-11-23(17)27-24-16-19(3)28(25-18(2)9-7-10-22(24)25)26(29)20-12-14-21(30-4)15-13-20/h5-15,19,24,27H,16H2,1-4H3/t19-,24+/m0/s1. The molecule has 0 bridgehead atoms. The van der Waals surface area contributed by atoms with Crippen LogP contribution in [0.25, 0.3) is 0 Å². The van der Waals surface area contributed by atoms with Crippen molar-refractivity contribution in [3.63, 3.8) is 0 Å². The number of hydrogen-bond acceptors (Lipinski definition) is 3. The van der Waals surface area contributed by atoms with Gasteiger partial charge in [-0.15, -0.1) is 0 Å². The van der Waals surface area contributed by atoms with Crippen molar-refractivity contribution in [1.82, 2.24) is 0 Å². The summed E-state index contributed by atoms with van der Waals surface area (Å²) in [7, 11) is 1.63. The Hall–Kier alpha value is -3.27. The molecule has 4 rings (SSSR count). The molecule has 0 aromatic heterocycles. The Bertz CT molecular complexity index is 1060. The van der Waals surface area contributed by atoms with Gasteiger partial charge in [-0.2, -0.15) is 0 Å². The number of para-hydroxylation sites is 2. The van der Waals surface area contributed by atoms with Gasteiger partial charge in [0.2, 0.25) is 0 Å². The third-order valence-corrected chi connectivity index (χ3v) is 5.93. The van der Waals surface area contributed by atoms with Gasteiger partial charge in [0.1, 0.15) is 5.75 Å². The van der Waals surface area contributed by atoms with Crippen molar-refractivity contribution in [2.45, 2.75) is 39.3 Å². The van der Waals surface area contributed by atoms with Crippen molar-refractivity contribution in [2.75, 3.05) is 17.3 Å². The van der Waals surface area contributed by atoms with E-state index in [1.54, 1.807) is 7.11 Å². The second-order valence-corrected chi connectivity index (χ2v) is 8.01. The number of aryl methyl sites for hydroxylation is 2. The monoisotopic (exact) mass is 400 g/mol. The molecule has 3 aromatic rings. The number of carbonyl (C=O) groups is 1. The fourth-order valence-corrected chi connectivity index (χ4v) is 4.32. The Balaban J connectivity index is 1.72. The Labute approximate surface area is 178 Å². The van der Waals surface area contributed by atoms with Crippen LogP contribution in [0.3, 0.4) is 0 Å². The largest absolute Gasteiger partial charge is 0.497 e. The summed E-state index contributed by atoms with van der Waals surface area (Å²) < 4.78 is 5.24. The smallest absolute Gasteiger partial charge is 0.258 e. The van der Waals surface area contributed by atoms with Crippen LogP contribution in [0.2, 0.25) is 0 Å². The summed E-state index contributed by atoms with van der Waals surface area (Å²) in [4.78, 5) is 15.5. The highest BCUT2D eigenvalue weighted by Crippen LogP contribution is 2.42. The minimum absolute atomic E-state index is 0.0232. The summed E-state index contributed by atoms with van der Waals surface area (Å²) in [6, 6.07) is 22.2. The summed E-state index contributed by atoms with van der Waals surface area (Å²) in [5.74, 6) is 0.771. The molecule has 3 aromatic carbocycles. The number of fused-ring (bicyclic) bond motifs is 1. The maximum Gasteiger partial charge on any atom is 0.258 e. The molecule has 0 saturated carbocycles. The van der Waals surface area contributed by atoms with Gasteiger partial charge in [-0.1, -0.05) is 36.4 Å². The summed E-state index contributed by atoms with van der Waals surface area (Å²) in [6.45, 7) is 6.32. The van der Waals surface area contributed by atoms with Crippen molar-refractivity contribution in [3.05, 3.63) is 89.0 Å². The number of methoxy groups -OCH3 is 1. The Morgan fingerprint density at radius 3 is 2.37 bits per heavy atom. The van der Waals surface area contributed by atoms with Gasteiger partial charge in [-0.3, -0.25) is 4.79 Å². The molecule has 2 atom stereocenters. The third kappa shape index (κ3) is 3.65. The second-order valence-electron chi connectivity index (χ2n) is 8.01. The lowest BCUT2D eigenvalue weighted by atomic mass is 9.88. The van der Waals surface area contributed by atoms with Crippen molar-refractivity contribution >= 4 is 17.3 Å². The van der Waals surface area contributed by atoms with Crippen LogP contribution in [0.4, 0.5) is 11.4 Å². The maximum atomic E-state index is 13.5. The first-order valence-electron chi connectivity index (χ1n) is 10.4. The average molecular weight is 401 g/mol. The van der Waals surface area contributed by atoms with Crippen molar-refractivity contribution in [2.24, 2.45) is 0 Å². The zero-order valence-electron chi connectivity index (χ0n) is 18.0. The van der Waals surface area contributed by atoms with E-state index in [4.69, 9.17) is 4.74 Å². The molecule has 4 heteroatoms. The molecule has 1 aliphatic heterocycles. The molecular weight excluding hydrogens is 372 g/mol. The van der Waals surface area contributed by atoms with Gasteiger partial charge < -0.3 is 15.0 Å². The van der Waals surface area contributed by atoms with E-state index < -0.39 is 0 Å². The second kappa shape index (κ2) is 8.23. The lowest BCUT2D eigenvalue weighted by Gasteiger charge is -2.41. The molecule has 0 spiro atoms. The minimum Gasteiger partial charge on any atom is -0.497 e. The first-order valence-corrected chi connectivity index (χ1v) is 10.4. The predicted molar refractivity (Wildman–Crippen MR) is 123 cm³/mol. The normalized spacial score (nSPS) is 17.9. The van der Waals surface area contributed by atoms with E-state index in [1.807, 2.05) is 29.2 Å². The first kappa shape index (κ1) is 20.0. The molecule has 30 heavy (non-hydrogen) atoms. The van der Waals surface area contributed by atoms with E-state index in [-0.39, 0.29) is 18.0 Å². The lowest BCUT2D eigenvalue weighted by Crippen LogP contribution is -2.44. The Kier molecular flexibility index (Phi) is 5.49. The molecule has 0 fully saturated rings. The summed E-state index contributed by atoms with van der Waals surface area (Å²) in [6.07, 6.45) is 0.840. The molecule has 0 aliphatic carbocycles. The highest BCUT2D eigenvalue weighted by molar-refractivity contribution is 6.07. The maximum absolute atomic E-state index is 13.5. The summed E-state index contributed by atoms with van der Waals surface area (Å²) >= 11 is 0. The fourth-order valence-electron chi connectivity index (χ4n) is 4.32. The van der Waals surface area contributed by atoms with E-state index in [1.165, 1.54) is 11.1 Å². The zero-order valence-corrected chi connectivity index (χ0v) is 18.0. The minimum atomic E-state index is 0.0232. The van der Waals surface area contributed by atoms with Gasteiger partial charge in [0.05, 0.1) is 18.8 Å². The van der Waals surface area contributed by atoms with Crippen LogP contribution >= 0.6 is 0 Å². The SMILES string of the molecule is COc1ccc(C(=O)N2c3c(C)cccc3[C@H](Nc3ccccc3C)C[C@@H]2C)cc1. The number of benzene rings is 3. The van der Waals surface area contributed by atoms with E-state index in [0.717, 1.165) is 29.1 Å². The number of nitrogens with one attached hydrogen (secondary N) is 1. The number of rotatable bonds is 4. The Morgan fingerprint density at radius 2 is 1.67 bits per heavy atom. The molecule has 0 unspecified atom stereocenters. The van der Waals surface area contributed by atoms with E-state index in [2.05, 4.69) is 68.6 Å². The van der Waals surface area contributed by atoms with Crippen LogP contribution in [0.5, 0.6) is 5.75 Å². The van der Waals surface area contributed by atoms with Crippen LogP contribution in [-0.2, 0) is 0 Å². The topological polar surface area (TPSA) is 41.6 Å². The lowest BCUT2D eigenvalue weighted by molar-refractivity contribution is 0.0974. The zero-order chi connectivity index (χ0) is 21.3. The summed E-state index contributed by atoms with van der Waals surface area (Å²) in [5.41, 5.74) is 6.31. The van der Waals surface area contributed by atoms with Crippen molar-refractivity contribution in [1.29, 1.82) is 0 Å². The highest BCUT2D eigenvalue weighted by atomic mass is 16.5. The van der Waals surface area contributed by atoms with E-state index in [9.17, 15) is 4.79 Å². The molecule has 1 aliphatic rings. The molecule has 1 amide bonds. The molecule has 154 valence electrons. The van der Waals surface area contributed by atoms with Crippen LogP contribution in [0.1, 0.15) is 46.4 Å². The number of anilines is 2. The molecule has 1 heterocycles. The van der Waals surface area contributed by atoms with Crippen LogP contribution < -0.4 is 15.0 Å². The fraction of sp³-hybridized carbons (Fsp3) is 0.269. The summed E-state index contributed by atoms with van der Waals surface area (Å²) in [5, 5.41) is 3.72. The van der Waals surface area contributed by atoms with Gasteiger partial charge in [0.15, 0.2) is 0 Å². The number of carbonyl (C=O) groups excluding carboxylic acids is 1. The number of hydrogen-bond donors (Lipinski definition) is 1. The quantitative estimate of drug-likeness (QED) is 0.592. The van der Waals surface area contributed by atoms with Gasteiger partial charge in [0, 0.05) is 17.3 Å². The molecule has 0 radical (unpaired) electrons.